The number of carbonyl (C=O) groups is 1. The van der Waals surface area contributed by atoms with Gasteiger partial charge in [0.05, 0.1) is 6.61 Å². The number of H-pyrrole nitrogens is 2. The Labute approximate surface area is 91.5 Å². The van der Waals surface area contributed by atoms with Crippen LogP contribution < -0.4 is 5.69 Å². The third-order valence-corrected chi connectivity index (χ3v) is 1.93. The average Bonchev–Trinajstić information content (AvgIpc) is 2.16. The van der Waals surface area contributed by atoms with Crippen LogP contribution in [0, 0.1) is 4.64 Å². The molecule has 1 rings (SSSR count). The molecule has 82 valence electrons. The normalized spacial score (nSPS) is 9.93. The molecule has 0 spiro atoms. The van der Waals surface area contributed by atoms with Crippen molar-refractivity contribution in [3.63, 3.8) is 0 Å². The number of esters is 1. The summed E-state index contributed by atoms with van der Waals surface area (Å²) in [5.74, 6) is -0.555. The molecule has 5 nitrogen and oxygen atoms in total. The van der Waals surface area contributed by atoms with E-state index in [-0.39, 0.29) is 10.3 Å². The summed E-state index contributed by atoms with van der Waals surface area (Å²) in [6.07, 6.45) is 1.74. The second kappa shape index (κ2) is 5.45. The zero-order valence-corrected chi connectivity index (χ0v) is 9.15. The number of carbonyl (C=O) groups excluding carboxylic acids is 1. The quantitative estimate of drug-likeness (QED) is 0.464. The fraction of sp³-hybridized carbons (Fsp3) is 0.444. The molecule has 0 saturated carbocycles. The minimum Gasteiger partial charge on any atom is -0.461 e. The van der Waals surface area contributed by atoms with Crippen molar-refractivity contribution in [3.05, 3.63) is 26.9 Å². The molecule has 0 amide bonds. The van der Waals surface area contributed by atoms with E-state index in [4.69, 9.17) is 17.0 Å². The van der Waals surface area contributed by atoms with Crippen molar-refractivity contribution in [1.82, 2.24) is 9.97 Å². The summed E-state index contributed by atoms with van der Waals surface area (Å²) in [6, 6.07) is 1.37. The third-order valence-electron chi connectivity index (χ3n) is 1.71. The molecule has 0 aliphatic rings. The molecule has 0 unspecified atom stereocenters. The maximum atomic E-state index is 11.4. The van der Waals surface area contributed by atoms with Crippen LogP contribution in [0.1, 0.15) is 30.3 Å². The highest BCUT2D eigenvalue weighted by atomic mass is 32.1. The second-order valence-electron chi connectivity index (χ2n) is 2.99. The first-order chi connectivity index (χ1) is 7.13. The molecule has 0 radical (unpaired) electrons. The number of rotatable bonds is 4. The van der Waals surface area contributed by atoms with Crippen molar-refractivity contribution >= 4 is 18.2 Å². The highest BCUT2D eigenvalue weighted by molar-refractivity contribution is 7.71. The van der Waals surface area contributed by atoms with Crippen molar-refractivity contribution in [3.8, 4) is 0 Å². The molecule has 2 N–H and O–H groups in total. The van der Waals surface area contributed by atoms with Gasteiger partial charge in [-0.3, -0.25) is 4.98 Å². The molecule has 1 aromatic heterocycles. The predicted molar refractivity (Wildman–Crippen MR) is 57.4 cm³/mol. The lowest BCUT2D eigenvalue weighted by Gasteiger charge is -2.02. The molecule has 1 heterocycles. The van der Waals surface area contributed by atoms with Crippen molar-refractivity contribution in [2.75, 3.05) is 6.61 Å². The summed E-state index contributed by atoms with van der Waals surface area (Å²) in [4.78, 5) is 27.0. The second-order valence-corrected chi connectivity index (χ2v) is 3.43. The molecule has 0 aromatic carbocycles. The number of nitrogens with one attached hydrogen (secondary N) is 2. The largest absolute Gasteiger partial charge is 0.461 e. The molecule has 0 saturated heterocycles. The van der Waals surface area contributed by atoms with Gasteiger partial charge in [-0.2, -0.15) is 0 Å². The Kier molecular flexibility index (Phi) is 4.23. The lowest BCUT2D eigenvalue weighted by molar-refractivity contribution is 0.0492. The summed E-state index contributed by atoms with van der Waals surface area (Å²) >= 11 is 4.76. The standard InChI is InChI=1S/C9H12N2O3S/c1-2-3-4-14-8(12)6-5-7(15)11-9(13)10-6/h5H,2-4H2,1H3,(H2,10,11,13,15). The van der Waals surface area contributed by atoms with E-state index in [0.717, 1.165) is 12.8 Å². The van der Waals surface area contributed by atoms with Crippen LogP contribution >= 0.6 is 12.2 Å². The van der Waals surface area contributed by atoms with Crippen molar-refractivity contribution in [1.29, 1.82) is 0 Å². The minimum atomic E-state index is -0.555. The van der Waals surface area contributed by atoms with Crippen LogP contribution in [0.2, 0.25) is 0 Å². The molecule has 15 heavy (non-hydrogen) atoms. The van der Waals surface area contributed by atoms with Gasteiger partial charge in [-0.1, -0.05) is 25.6 Å². The smallest absolute Gasteiger partial charge is 0.354 e. The Hall–Kier alpha value is -1.43. The Morgan fingerprint density at radius 3 is 2.87 bits per heavy atom. The molecule has 0 atom stereocenters. The fourth-order valence-corrected chi connectivity index (χ4v) is 1.18. The van der Waals surface area contributed by atoms with Crippen LogP contribution in [0.15, 0.2) is 10.9 Å². The van der Waals surface area contributed by atoms with Gasteiger partial charge >= 0.3 is 11.7 Å². The molecule has 0 fully saturated rings. The Balaban J connectivity index is 2.74. The van der Waals surface area contributed by atoms with E-state index >= 15 is 0 Å². The molecule has 0 aliphatic heterocycles. The number of ether oxygens (including phenoxy) is 1. The number of unbranched alkanes of at least 4 members (excludes halogenated alkanes) is 1. The molecule has 1 aromatic rings. The van der Waals surface area contributed by atoms with E-state index < -0.39 is 11.7 Å². The van der Waals surface area contributed by atoms with E-state index in [1.54, 1.807) is 0 Å². The van der Waals surface area contributed by atoms with Gasteiger partial charge in [0, 0.05) is 6.07 Å². The van der Waals surface area contributed by atoms with Gasteiger partial charge in [0.25, 0.3) is 0 Å². The van der Waals surface area contributed by atoms with Gasteiger partial charge in [-0.05, 0) is 6.42 Å². The molecule has 0 aliphatic carbocycles. The average molecular weight is 228 g/mol. The Morgan fingerprint density at radius 2 is 2.27 bits per heavy atom. The topological polar surface area (TPSA) is 75.0 Å². The van der Waals surface area contributed by atoms with E-state index in [9.17, 15) is 9.59 Å². The van der Waals surface area contributed by atoms with E-state index in [1.165, 1.54) is 6.07 Å². The zero-order chi connectivity index (χ0) is 11.3. The SMILES string of the molecule is CCCCOC(=O)c1cc(=S)[nH]c(=O)[nH]1. The lowest BCUT2D eigenvalue weighted by Crippen LogP contribution is -2.17. The Morgan fingerprint density at radius 1 is 1.53 bits per heavy atom. The van der Waals surface area contributed by atoms with Crippen LogP contribution in [0.5, 0.6) is 0 Å². The van der Waals surface area contributed by atoms with Crippen LogP contribution in [0.4, 0.5) is 0 Å². The minimum absolute atomic E-state index is 0.0832. The van der Waals surface area contributed by atoms with Gasteiger partial charge in [0.2, 0.25) is 0 Å². The number of aromatic nitrogens is 2. The maximum absolute atomic E-state index is 11.4. The zero-order valence-electron chi connectivity index (χ0n) is 8.33. The van der Waals surface area contributed by atoms with Gasteiger partial charge in [-0.25, -0.2) is 9.59 Å². The number of hydrogen-bond acceptors (Lipinski definition) is 4. The van der Waals surface area contributed by atoms with Gasteiger partial charge in [-0.15, -0.1) is 0 Å². The summed E-state index contributed by atoms with van der Waals surface area (Å²) < 4.78 is 5.12. The maximum Gasteiger partial charge on any atom is 0.354 e. The van der Waals surface area contributed by atoms with Crippen LogP contribution in [-0.2, 0) is 4.74 Å². The molecular formula is C9H12N2O3S. The lowest BCUT2D eigenvalue weighted by atomic mass is 10.3. The fourth-order valence-electron chi connectivity index (χ4n) is 0.966. The molecular weight excluding hydrogens is 216 g/mol. The molecule has 6 heteroatoms. The van der Waals surface area contributed by atoms with Crippen LogP contribution in [0.3, 0.4) is 0 Å². The first kappa shape index (κ1) is 11.6. The van der Waals surface area contributed by atoms with Crippen LogP contribution in [-0.4, -0.2) is 22.5 Å². The third kappa shape index (κ3) is 3.67. The van der Waals surface area contributed by atoms with Crippen molar-refractivity contribution < 1.29 is 9.53 Å². The van der Waals surface area contributed by atoms with Gasteiger partial charge in [0.1, 0.15) is 10.3 Å². The summed E-state index contributed by atoms with van der Waals surface area (Å²) in [5.41, 5.74) is -0.426. The number of hydrogen-bond donors (Lipinski definition) is 2. The first-order valence-electron chi connectivity index (χ1n) is 4.64. The predicted octanol–water partition coefficient (Wildman–Crippen LogP) is 1.39. The number of aromatic amines is 2. The summed E-state index contributed by atoms with van der Waals surface area (Å²) in [6.45, 7) is 2.34. The highest BCUT2D eigenvalue weighted by Gasteiger charge is 2.07. The van der Waals surface area contributed by atoms with Crippen molar-refractivity contribution in [2.45, 2.75) is 19.8 Å². The summed E-state index contributed by atoms with van der Waals surface area (Å²) in [5, 5.41) is 0. The Bertz CT molecular complexity index is 421. The van der Waals surface area contributed by atoms with Crippen molar-refractivity contribution in [2.24, 2.45) is 0 Å². The first-order valence-corrected chi connectivity index (χ1v) is 5.05. The van der Waals surface area contributed by atoms with E-state index in [2.05, 4.69) is 9.97 Å². The van der Waals surface area contributed by atoms with Crippen LogP contribution in [0.25, 0.3) is 0 Å². The monoisotopic (exact) mass is 228 g/mol. The van der Waals surface area contributed by atoms with Gasteiger partial charge < -0.3 is 9.72 Å². The molecule has 0 bridgehead atoms. The van der Waals surface area contributed by atoms with E-state index in [0.29, 0.717) is 6.61 Å². The highest BCUT2D eigenvalue weighted by Crippen LogP contribution is 1.97. The van der Waals surface area contributed by atoms with Gasteiger partial charge in [0.15, 0.2) is 0 Å². The summed E-state index contributed by atoms with van der Waals surface area (Å²) in [7, 11) is 0. The van der Waals surface area contributed by atoms with E-state index in [1.807, 2.05) is 6.92 Å².